The maximum atomic E-state index is 12.7. The van der Waals surface area contributed by atoms with Crippen LogP contribution in [0.1, 0.15) is 16.7 Å². The summed E-state index contributed by atoms with van der Waals surface area (Å²) in [6.07, 6.45) is 7.10. The number of ether oxygens (including phenoxy) is 2. The van der Waals surface area contributed by atoms with Crippen molar-refractivity contribution in [2.45, 2.75) is 25.6 Å². The standard InChI is InChI=1S/C26H26N4O3S/c1-18-4-5-19(2)22(14-18)30-13-12-28-26(30)34-17-25(31)29-21-6-7-23(32-3)24(15-21)33-16-20-8-10-27-11-9-20/h4-15H,16-17H2,1-3H3,(H,29,31). The minimum atomic E-state index is -0.134. The summed E-state index contributed by atoms with van der Waals surface area (Å²) in [6.45, 7) is 4.49. The highest BCUT2D eigenvalue weighted by Gasteiger charge is 2.13. The van der Waals surface area contributed by atoms with Crippen molar-refractivity contribution in [3.63, 3.8) is 0 Å². The van der Waals surface area contributed by atoms with Gasteiger partial charge in [0.1, 0.15) is 6.61 Å². The molecule has 174 valence electrons. The quantitative estimate of drug-likeness (QED) is 0.336. The molecule has 0 bridgehead atoms. The largest absolute Gasteiger partial charge is 0.493 e. The Morgan fingerprint density at radius 2 is 1.85 bits per heavy atom. The number of pyridine rings is 1. The van der Waals surface area contributed by atoms with Gasteiger partial charge in [-0.3, -0.25) is 14.3 Å². The van der Waals surface area contributed by atoms with Crippen LogP contribution in [-0.2, 0) is 11.4 Å². The van der Waals surface area contributed by atoms with E-state index in [0.717, 1.165) is 22.0 Å². The zero-order valence-electron chi connectivity index (χ0n) is 19.3. The minimum Gasteiger partial charge on any atom is -0.493 e. The maximum absolute atomic E-state index is 12.7. The lowest BCUT2D eigenvalue weighted by Crippen LogP contribution is -2.14. The van der Waals surface area contributed by atoms with E-state index in [1.165, 1.54) is 17.3 Å². The van der Waals surface area contributed by atoms with Crippen molar-refractivity contribution in [3.8, 4) is 17.2 Å². The number of carbonyl (C=O) groups excluding carboxylic acids is 1. The molecule has 0 spiro atoms. The number of methoxy groups -OCH3 is 1. The van der Waals surface area contributed by atoms with Gasteiger partial charge in [0, 0.05) is 36.5 Å². The molecule has 2 aromatic carbocycles. The van der Waals surface area contributed by atoms with E-state index in [1.54, 1.807) is 43.9 Å². The molecule has 0 aliphatic carbocycles. The summed E-state index contributed by atoms with van der Waals surface area (Å²) < 4.78 is 13.3. The lowest BCUT2D eigenvalue weighted by molar-refractivity contribution is -0.113. The smallest absolute Gasteiger partial charge is 0.234 e. The van der Waals surface area contributed by atoms with Gasteiger partial charge >= 0.3 is 0 Å². The Morgan fingerprint density at radius 1 is 1.03 bits per heavy atom. The van der Waals surface area contributed by atoms with Gasteiger partial charge in [0.15, 0.2) is 16.7 Å². The van der Waals surface area contributed by atoms with E-state index >= 15 is 0 Å². The molecule has 34 heavy (non-hydrogen) atoms. The van der Waals surface area contributed by atoms with Crippen molar-refractivity contribution in [2.75, 3.05) is 18.2 Å². The average Bonchev–Trinajstić information content (AvgIpc) is 3.32. The van der Waals surface area contributed by atoms with Gasteiger partial charge in [0.05, 0.1) is 18.6 Å². The second-order valence-electron chi connectivity index (χ2n) is 7.72. The number of hydrogen-bond donors (Lipinski definition) is 1. The molecule has 0 atom stereocenters. The first-order valence-corrected chi connectivity index (χ1v) is 11.8. The molecule has 4 rings (SSSR count). The molecule has 0 unspecified atom stereocenters. The Labute approximate surface area is 203 Å². The molecule has 2 aromatic heterocycles. The summed E-state index contributed by atoms with van der Waals surface area (Å²) in [5, 5.41) is 3.70. The number of anilines is 1. The SMILES string of the molecule is COc1ccc(NC(=O)CSc2nccn2-c2cc(C)ccc2C)cc1OCc1ccncc1. The third-order valence-corrected chi connectivity index (χ3v) is 6.12. The zero-order valence-corrected chi connectivity index (χ0v) is 20.1. The van der Waals surface area contributed by atoms with Crippen molar-refractivity contribution in [2.24, 2.45) is 0 Å². The van der Waals surface area contributed by atoms with Gasteiger partial charge in [-0.2, -0.15) is 0 Å². The van der Waals surface area contributed by atoms with E-state index in [9.17, 15) is 4.79 Å². The lowest BCUT2D eigenvalue weighted by atomic mass is 10.1. The number of hydrogen-bond acceptors (Lipinski definition) is 6. The van der Waals surface area contributed by atoms with Crippen LogP contribution in [-0.4, -0.2) is 33.3 Å². The maximum Gasteiger partial charge on any atom is 0.234 e. The summed E-state index contributed by atoms with van der Waals surface area (Å²) >= 11 is 1.39. The fraction of sp³-hybridized carbons (Fsp3) is 0.192. The van der Waals surface area contributed by atoms with Gasteiger partial charge in [0.25, 0.3) is 0 Å². The number of imidazole rings is 1. The second-order valence-corrected chi connectivity index (χ2v) is 8.66. The minimum absolute atomic E-state index is 0.134. The van der Waals surface area contributed by atoms with Gasteiger partial charge in [0.2, 0.25) is 5.91 Å². The van der Waals surface area contributed by atoms with Gasteiger partial charge < -0.3 is 14.8 Å². The van der Waals surface area contributed by atoms with Crippen LogP contribution in [0, 0.1) is 13.8 Å². The van der Waals surface area contributed by atoms with Crippen molar-refractivity contribution in [3.05, 3.63) is 90.0 Å². The molecule has 2 heterocycles. The Kier molecular flexibility index (Phi) is 7.49. The Morgan fingerprint density at radius 3 is 2.65 bits per heavy atom. The first-order valence-electron chi connectivity index (χ1n) is 10.8. The summed E-state index contributed by atoms with van der Waals surface area (Å²) in [5.41, 5.74) is 5.00. The lowest BCUT2D eigenvalue weighted by Gasteiger charge is -2.13. The van der Waals surface area contributed by atoms with Crippen LogP contribution in [0.4, 0.5) is 5.69 Å². The molecule has 4 aromatic rings. The summed E-state index contributed by atoms with van der Waals surface area (Å²) in [6, 6.07) is 15.4. The number of aromatic nitrogens is 3. The molecule has 8 heteroatoms. The third-order valence-electron chi connectivity index (χ3n) is 5.15. The predicted molar refractivity (Wildman–Crippen MR) is 134 cm³/mol. The predicted octanol–water partition coefficient (Wildman–Crippen LogP) is 5.20. The van der Waals surface area contributed by atoms with Crippen LogP contribution in [0.5, 0.6) is 11.5 Å². The number of nitrogens with zero attached hydrogens (tertiary/aromatic N) is 3. The van der Waals surface area contributed by atoms with E-state index in [0.29, 0.717) is 23.8 Å². The van der Waals surface area contributed by atoms with Crippen molar-refractivity contribution < 1.29 is 14.3 Å². The fourth-order valence-electron chi connectivity index (χ4n) is 3.39. The second kappa shape index (κ2) is 10.9. The molecule has 1 N–H and O–H groups in total. The topological polar surface area (TPSA) is 78.3 Å². The molecule has 7 nitrogen and oxygen atoms in total. The van der Waals surface area contributed by atoms with E-state index in [-0.39, 0.29) is 11.7 Å². The summed E-state index contributed by atoms with van der Waals surface area (Å²) in [7, 11) is 1.58. The molecule has 0 fully saturated rings. The molecular formula is C26H26N4O3S. The molecular weight excluding hydrogens is 448 g/mol. The number of amides is 1. The van der Waals surface area contributed by atoms with Crippen molar-refractivity contribution >= 4 is 23.4 Å². The monoisotopic (exact) mass is 474 g/mol. The molecule has 0 radical (unpaired) electrons. The van der Waals surface area contributed by atoms with Gasteiger partial charge in [-0.15, -0.1) is 0 Å². The van der Waals surface area contributed by atoms with Crippen LogP contribution >= 0.6 is 11.8 Å². The molecule has 0 saturated carbocycles. The van der Waals surface area contributed by atoms with Gasteiger partial charge in [-0.1, -0.05) is 23.9 Å². The van der Waals surface area contributed by atoms with Crippen LogP contribution in [0.2, 0.25) is 0 Å². The van der Waals surface area contributed by atoms with Crippen LogP contribution in [0.25, 0.3) is 5.69 Å². The average molecular weight is 475 g/mol. The molecule has 0 aliphatic heterocycles. The number of benzene rings is 2. The highest BCUT2D eigenvalue weighted by Crippen LogP contribution is 2.31. The molecule has 0 saturated heterocycles. The first kappa shape index (κ1) is 23.4. The number of carbonyl (C=O) groups is 1. The Balaban J connectivity index is 1.40. The Hall–Kier alpha value is -3.78. The van der Waals surface area contributed by atoms with Crippen molar-refractivity contribution in [1.29, 1.82) is 0 Å². The third kappa shape index (κ3) is 5.77. The van der Waals surface area contributed by atoms with Crippen LogP contribution in [0.15, 0.2) is 78.5 Å². The highest BCUT2D eigenvalue weighted by atomic mass is 32.2. The van der Waals surface area contributed by atoms with E-state index in [1.807, 2.05) is 22.9 Å². The number of aryl methyl sites for hydroxylation is 2. The van der Waals surface area contributed by atoms with E-state index < -0.39 is 0 Å². The highest BCUT2D eigenvalue weighted by molar-refractivity contribution is 7.99. The van der Waals surface area contributed by atoms with E-state index in [2.05, 4.69) is 47.3 Å². The van der Waals surface area contributed by atoms with Crippen LogP contribution < -0.4 is 14.8 Å². The molecule has 1 amide bonds. The van der Waals surface area contributed by atoms with E-state index in [4.69, 9.17) is 9.47 Å². The normalized spacial score (nSPS) is 10.7. The number of nitrogens with one attached hydrogen (secondary N) is 1. The van der Waals surface area contributed by atoms with Gasteiger partial charge in [-0.25, -0.2) is 4.98 Å². The van der Waals surface area contributed by atoms with Crippen LogP contribution in [0.3, 0.4) is 0 Å². The number of thioether (sulfide) groups is 1. The van der Waals surface area contributed by atoms with Crippen molar-refractivity contribution in [1.82, 2.24) is 14.5 Å². The Bertz CT molecular complexity index is 1270. The zero-order chi connectivity index (χ0) is 23.9. The fourth-order valence-corrected chi connectivity index (χ4v) is 4.16. The van der Waals surface area contributed by atoms with Gasteiger partial charge in [-0.05, 0) is 60.9 Å². The first-order chi connectivity index (χ1) is 16.5. The number of rotatable bonds is 9. The summed E-state index contributed by atoms with van der Waals surface area (Å²) in [5.74, 6) is 1.24. The summed E-state index contributed by atoms with van der Waals surface area (Å²) in [4.78, 5) is 21.1. The molecule has 0 aliphatic rings.